The Labute approximate surface area is 157 Å². The third kappa shape index (κ3) is 3.01. The van der Waals surface area contributed by atoms with Crippen LogP contribution in [-0.4, -0.2) is 58.1 Å². The van der Waals surface area contributed by atoms with E-state index in [2.05, 4.69) is 5.10 Å². The van der Waals surface area contributed by atoms with Crippen LogP contribution >= 0.6 is 0 Å². The van der Waals surface area contributed by atoms with E-state index in [-0.39, 0.29) is 17.6 Å². The van der Waals surface area contributed by atoms with Crippen LogP contribution in [0.1, 0.15) is 41.0 Å². The number of aromatic nitrogens is 2. The predicted molar refractivity (Wildman–Crippen MR) is 98.3 cm³/mol. The normalized spacial score (nSPS) is 18.6. The second-order valence-electron chi connectivity index (χ2n) is 7.40. The van der Waals surface area contributed by atoms with Crippen LogP contribution in [0.5, 0.6) is 0 Å². The van der Waals surface area contributed by atoms with Crippen molar-refractivity contribution in [3.8, 4) is 5.69 Å². The molecule has 0 bridgehead atoms. The van der Waals surface area contributed by atoms with Crippen LogP contribution in [0.3, 0.4) is 0 Å². The Bertz CT molecular complexity index is 888. The molecular formula is C20H23FN4O2. The first-order chi connectivity index (χ1) is 13.0. The number of carbonyl (C=O) groups is 2. The number of fused-ring (bicyclic) bond motifs is 1. The van der Waals surface area contributed by atoms with Gasteiger partial charge in [-0.05, 0) is 56.4 Å². The molecule has 7 heteroatoms. The first kappa shape index (κ1) is 17.7. The molecule has 27 heavy (non-hydrogen) atoms. The summed E-state index contributed by atoms with van der Waals surface area (Å²) >= 11 is 0. The molecule has 0 radical (unpaired) electrons. The maximum absolute atomic E-state index is 13.3. The summed E-state index contributed by atoms with van der Waals surface area (Å²) in [6.07, 6.45) is 4.11. The molecule has 0 spiro atoms. The van der Waals surface area contributed by atoms with E-state index in [1.807, 2.05) is 0 Å². The van der Waals surface area contributed by atoms with Gasteiger partial charge in [0, 0.05) is 31.9 Å². The smallest absolute Gasteiger partial charge is 0.275 e. The van der Waals surface area contributed by atoms with E-state index in [0.29, 0.717) is 18.7 Å². The quantitative estimate of drug-likeness (QED) is 0.832. The van der Waals surface area contributed by atoms with Crippen molar-refractivity contribution < 1.29 is 14.0 Å². The van der Waals surface area contributed by atoms with Crippen molar-refractivity contribution in [2.45, 2.75) is 38.1 Å². The minimum atomic E-state index is -0.416. The van der Waals surface area contributed by atoms with Crippen molar-refractivity contribution in [3.05, 3.63) is 47.0 Å². The first-order valence-electron chi connectivity index (χ1n) is 9.36. The minimum Gasteiger partial charge on any atom is -0.347 e. The van der Waals surface area contributed by atoms with Crippen LogP contribution in [0.2, 0.25) is 0 Å². The predicted octanol–water partition coefficient (Wildman–Crippen LogP) is 2.19. The molecule has 1 atom stereocenters. The lowest BCUT2D eigenvalue weighted by molar-refractivity contribution is -0.132. The molecule has 1 fully saturated rings. The molecule has 1 unspecified atom stereocenters. The first-order valence-corrected chi connectivity index (χ1v) is 9.36. The summed E-state index contributed by atoms with van der Waals surface area (Å²) in [7, 11) is 3.43. The zero-order chi connectivity index (χ0) is 19.1. The number of hydrogen-bond acceptors (Lipinski definition) is 3. The van der Waals surface area contributed by atoms with Crippen LogP contribution in [0.15, 0.2) is 24.3 Å². The maximum atomic E-state index is 13.3. The van der Waals surface area contributed by atoms with Gasteiger partial charge in [0.25, 0.3) is 5.91 Å². The van der Waals surface area contributed by atoms with Gasteiger partial charge in [-0.3, -0.25) is 9.59 Å². The van der Waals surface area contributed by atoms with E-state index in [9.17, 15) is 14.0 Å². The van der Waals surface area contributed by atoms with E-state index in [4.69, 9.17) is 0 Å². The van der Waals surface area contributed by atoms with Gasteiger partial charge in [-0.2, -0.15) is 5.10 Å². The van der Waals surface area contributed by atoms with Crippen LogP contribution in [0.4, 0.5) is 4.39 Å². The number of rotatable bonds is 3. The largest absolute Gasteiger partial charge is 0.347 e. The SMILES string of the molecule is CN(C)C(=O)C1CCCN1C(=O)c1nn(-c2ccc(F)cc2)c2c1CCC2. The summed E-state index contributed by atoms with van der Waals surface area (Å²) in [6, 6.07) is 5.71. The molecule has 0 N–H and O–H groups in total. The zero-order valence-electron chi connectivity index (χ0n) is 15.6. The van der Waals surface area contributed by atoms with Gasteiger partial charge in [0.05, 0.1) is 5.69 Å². The average molecular weight is 370 g/mol. The fourth-order valence-corrected chi connectivity index (χ4v) is 4.11. The van der Waals surface area contributed by atoms with Gasteiger partial charge in [-0.1, -0.05) is 0 Å². The highest BCUT2D eigenvalue weighted by Gasteiger charge is 2.38. The number of likely N-dealkylation sites (N-methyl/N-ethyl adjacent to an activating group) is 1. The van der Waals surface area contributed by atoms with E-state index < -0.39 is 6.04 Å². The van der Waals surface area contributed by atoms with Gasteiger partial charge in [0.1, 0.15) is 11.9 Å². The summed E-state index contributed by atoms with van der Waals surface area (Å²) < 4.78 is 15.0. The van der Waals surface area contributed by atoms with Crippen molar-refractivity contribution >= 4 is 11.8 Å². The summed E-state index contributed by atoms with van der Waals surface area (Å²) in [5.74, 6) is -0.525. The summed E-state index contributed by atoms with van der Waals surface area (Å²) in [4.78, 5) is 28.9. The van der Waals surface area contributed by atoms with E-state index in [0.717, 1.165) is 42.6 Å². The van der Waals surface area contributed by atoms with Gasteiger partial charge >= 0.3 is 0 Å². The highest BCUT2D eigenvalue weighted by molar-refractivity contribution is 5.98. The molecule has 1 aliphatic carbocycles. The third-order valence-corrected chi connectivity index (χ3v) is 5.44. The molecule has 1 aliphatic heterocycles. The lowest BCUT2D eigenvalue weighted by atomic mass is 10.1. The molecule has 1 aromatic heterocycles. The Morgan fingerprint density at radius 1 is 1.15 bits per heavy atom. The van der Waals surface area contributed by atoms with Crippen molar-refractivity contribution in [2.75, 3.05) is 20.6 Å². The van der Waals surface area contributed by atoms with Crippen molar-refractivity contribution in [1.29, 1.82) is 0 Å². The monoisotopic (exact) mass is 370 g/mol. The molecule has 2 aromatic rings. The van der Waals surface area contributed by atoms with Gasteiger partial charge in [0.15, 0.2) is 5.69 Å². The van der Waals surface area contributed by atoms with E-state index >= 15 is 0 Å². The van der Waals surface area contributed by atoms with Crippen LogP contribution in [0, 0.1) is 5.82 Å². The molecule has 6 nitrogen and oxygen atoms in total. The number of halogens is 1. The van der Waals surface area contributed by atoms with Crippen molar-refractivity contribution in [2.24, 2.45) is 0 Å². The molecule has 4 rings (SSSR count). The molecule has 2 amide bonds. The fourth-order valence-electron chi connectivity index (χ4n) is 4.11. The van der Waals surface area contributed by atoms with E-state index in [1.165, 1.54) is 17.0 Å². The number of amides is 2. The Hall–Kier alpha value is -2.70. The highest BCUT2D eigenvalue weighted by atomic mass is 19.1. The third-order valence-electron chi connectivity index (χ3n) is 5.44. The molecule has 0 saturated carbocycles. The number of carbonyl (C=O) groups excluding carboxylic acids is 2. The second-order valence-corrected chi connectivity index (χ2v) is 7.40. The Balaban J connectivity index is 1.70. The molecule has 1 aromatic carbocycles. The Morgan fingerprint density at radius 3 is 2.59 bits per heavy atom. The maximum Gasteiger partial charge on any atom is 0.275 e. The van der Waals surface area contributed by atoms with E-state index in [1.54, 1.807) is 35.8 Å². The van der Waals surface area contributed by atoms with Gasteiger partial charge in [-0.15, -0.1) is 0 Å². The Kier molecular flexibility index (Phi) is 4.45. The lowest BCUT2D eigenvalue weighted by Gasteiger charge is -2.25. The number of likely N-dealkylation sites (tertiary alicyclic amines) is 1. The Morgan fingerprint density at radius 2 is 1.89 bits per heavy atom. The van der Waals surface area contributed by atoms with Crippen molar-refractivity contribution in [1.82, 2.24) is 19.6 Å². The van der Waals surface area contributed by atoms with Crippen LogP contribution < -0.4 is 0 Å². The summed E-state index contributed by atoms with van der Waals surface area (Å²) in [6.45, 7) is 0.571. The second kappa shape index (κ2) is 6.79. The van der Waals surface area contributed by atoms with Crippen LogP contribution in [0.25, 0.3) is 5.69 Å². The average Bonchev–Trinajstić information content (AvgIpc) is 3.37. The van der Waals surface area contributed by atoms with Gasteiger partial charge in [0.2, 0.25) is 5.91 Å². The molecule has 2 heterocycles. The van der Waals surface area contributed by atoms with Crippen LogP contribution in [-0.2, 0) is 17.6 Å². The fraction of sp³-hybridized carbons (Fsp3) is 0.450. The molecule has 142 valence electrons. The number of nitrogens with zero attached hydrogens (tertiary/aromatic N) is 4. The number of benzene rings is 1. The van der Waals surface area contributed by atoms with Crippen molar-refractivity contribution in [3.63, 3.8) is 0 Å². The number of hydrogen-bond donors (Lipinski definition) is 0. The standard InChI is InChI=1S/C20H23FN4O2/c1-23(2)19(26)17-7-4-12-24(17)20(27)18-15-5-3-6-16(15)25(22-18)14-10-8-13(21)9-11-14/h8-11,17H,3-7,12H2,1-2H3. The molecule has 2 aliphatic rings. The highest BCUT2D eigenvalue weighted by Crippen LogP contribution is 2.30. The lowest BCUT2D eigenvalue weighted by Crippen LogP contribution is -2.45. The topological polar surface area (TPSA) is 58.4 Å². The zero-order valence-corrected chi connectivity index (χ0v) is 15.6. The minimum absolute atomic E-state index is 0.0459. The summed E-state index contributed by atoms with van der Waals surface area (Å²) in [5.41, 5.74) is 3.16. The molecular weight excluding hydrogens is 347 g/mol. The summed E-state index contributed by atoms with van der Waals surface area (Å²) in [5, 5.41) is 4.59. The van der Waals surface area contributed by atoms with Gasteiger partial charge < -0.3 is 9.80 Å². The van der Waals surface area contributed by atoms with Gasteiger partial charge in [-0.25, -0.2) is 9.07 Å². The molecule has 1 saturated heterocycles.